The van der Waals surface area contributed by atoms with Gasteiger partial charge in [-0.15, -0.1) is 0 Å². The van der Waals surface area contributed by atoms with Gasteiger partial charge in [-0.05, 0) is 12.8 Å². The van der Waals surface area contributed by atoms with E-state index in [9.17, 15) is 9.59 Å². The summed E-state index contributed by atoms with van der Waals surface area (Å²) in [6, 6.07) is 1.64. The zero-order chi connectivity index (χ0) is 12.1. The molecule has 1 aromatic heterocycles. The Hall–Kier alpha value is -1.65. The Morgan fingerprint density at radius 1 is 1.41 bits per heavy atom. The van der Waals surface area contributed by atoms with Crippen molar-refractivity contribution in [3.63, 3.8) is 0 Å². The van der Waals surface area contributed by atoms with Gasteiger partial charge in [-0.3, -0.25) is 14.2 Å². The molecule has 0 unspecified atom stereocenters. The fourth-order valence-corrected chi connectivity index (χ4v) is 2.17. The van der Waals surface area contributed by atoms with Gasteiger partial charge in [-0.25, -0.2) is 4.98 Å². The summed E-state index contributed by atoms with van der Waals surface area (Å²) in [5, 5.41) is 2.97. The van der Waals surface area contributed by atoms with E-state index < -0.39 is 0 Å². The first-order valence-corrected chi connectivity index (χ1v) is 6.05. The summed E-state index contributed by atoms with van der Waals surface area (Å²) in [5.41, 5.74) is -0.196. The summed E-state index contributed by atoms with van der Waals surface area (Å²) in [5.74, 6) is -0.105. The quantitative estimate of drug-likeness (QED) is 0.838. The van der Waals surface area contributed by atoms with Gasteiger partial charge < -0.3 is 5.32 Å². The number of hydrogen-bond acceptors (Lipinski definition) is 3. The Morgan fingerprint density at radius 3 is 2.88 bits per heavy atom. The second kappa shape index (κ2) is 5.61. The third-order valence-corrected chi connectivity index (χ3v) is 3.08. The minimum absolute atomic E-state index is 0.0587. The smallest absolute Gasteiger partial charge is 0.253 e. The molecule has 0 aromatic carbocycles. The highest BCUT2D eigenvalue weighted by Crippen LogP contribution is 2.17. The number of hydrogen-bond donors (Lipinski definition) is 1. The Balaban J connectivity index is 1.89. The topological polar surface area (TPSA) is 64.0 Å². The number of nitrogens with zero attached hydrogens (tertiary/aromatic N) is 2. The highest BCUT2D eigenvalue weighted by Gasteiger charge is 2.15. The molecule has 1 aliphatic carbocycles. The average molecular weight is 235 g/mol. The van der Waals surface area contributed by atoms with E-state index >= 15 is 0 Å². The van der Waals surface area contributed by atoms with E-state index in [1.54, 1.807) is 0 Å². The number of aromatic nitrogens is 2. The maximum atomic E-state index is 11.7. The molecule has 1 amide bonds. The van der Waals surface area contributed by atoms with Crippen LogP contribution < -0.4 is 10.9 Å². The van der Waals surface area contributed by atoms with Crippen LogP contribution in [-0.2, 0) is 11.3 Å². The Morgan fingerprint density at radius 2 is 2.18 bits per heavy atom. The van der Waals surface area contributed by atoms with Crippen molar-refractivity contribution in [2.45, 2.75) is 44.7 Å². The van der Waals surface area contributed by atoms with Crippen molar-refractivity contribution < 1.29 is 4.79 Å². The van der Waals surface area contributed by atoms with Crippen molar-refractivity contribution in [3.8, 4) is 0 Å². The molecule has 1 aromatic rings. The molecular weight excluding hydrogens is 218 g/mol. The molecule has 5 heteroatoms. The molecular formula is C12H17N3O2. The van der Waals surface area contributed by atoms with Crippen LogP contribution in [0.1, 0.15) is 32.1 Å². The Kier molecular flexibility index (Phi) is 3.90. The monoisotopic (exact) mass is 235 g/mol. The van der Waals surface area contributed by atoms with Crippen LogP contribution in [0.5, 0.6) is 0 Å². The highest BCUT2D eigenvalue weighted by molar-refractivity contribution is 5.76. The van der Waals surface area contributed by atoms with E-state index in [-0.39, 0.29) is 24.1 Å². The van der Waals surface area contributed by atoms with Crippen LogP contribution in [0.25, 0.3) is 0 Å². The van der Waals surface area contributed by atoms with Gasteiger partial charge >= 0.3 is 0 Å². The lowest BCUT2D eigenvalue weighted by Gasteiger charge is -2.22. The minimum Gasteiger partial charge on any atom is -0.352 e. The summed E-state index contributed by atoms with van der Waals surface area (Å²) < 4.78 is 1.32. The summed E-state index contributed by atoms with van der Waals surface area (Å²) in [6.07, 6.45) is 8.53. The van der Waals surface area contributed by atoms with Crippen LogP contribution in [-0.4, -0.2) is 21.5 Å². The molecule has 5 nitrogen and oxygen atoms in total. The molecule has 1 fully saturated rings. The molecule has 1 N–H and O–H groups in total. The van der Waals surface area contributed by atoms with Gasteiger partial charge in [0.15, 0.2) is 0 Å². The lowest BCUT2D eigenvalue weighted by Crippen LogP contribution is -2.39. The molecule has 0 radical (unpaired) electrons. The normalized spacial score (nSPS) is 16.7. The lowest BCUT2D eigenvalue weighted by molar-refractivity contribution is -0.122. The number of rotatable bonds is 3. The van der Waals surface area contributed by atoms with Crippen LogP contribution in [0.2, 0.25) is 0 Å². The first kappa shape index (κ1) is 11.8. The van der Waals surface area contributed by atoms with Crippen molar-refractivity contribution in [1.29, 1.82) is 0 Å². The van der Waals surface area contributed by atoms with E-state index in [1.807, 2.05) is 0 Å². The number of amides is 1. The van der Waals surface area contributed by atoms with E-state index in [1.165, 1.54) is 42.4 Å². The molecule has 1 heterocycles. The predicted octanol–water partition coefficient (Wildman–Crippen LogP) is 0.692. The maximum Gasteiger partial charge on any atom is 0.253 e. The fourth-order valence-electron chi connectivity index (χ4n) is 2.17. The molecule has 0 spiro atoms. The van der Waals surface area contributed by atoms with Gasteiger partial charge in [0.1, 0.15) is 6.54 Å². The second-order valence-electron chi connectivity index (χ2n) is 4.45. The average Bonchev–Trinajstić information content (AvgIpc) is 2.33. The molecule has 92 valence electrons. The van der Waals surface area contributed by atoms with Crippen molar-refractivity contribution in [2.24, 2.45) is 0 Å². The fraction of sp³-hybridized carbons (Fsp3) is 0.583. The Bertz CT molecular complexity index is 435. The first-order chi connectivity index (χ1) is 8.25. The van der Waals surface area contributed by atoms with E-state index in [4.69, 9.17) is 0 Å². The summed E-state index contributed by atoms with van der Waals surface area (Å²) >= 11 is 0. The second-order valence-corrected chi connectivity index (χ2v) is 4.45. The maximum absolute atomic E-state index is 11.7. The third kappa shape index (κ3) is 3.41. The minimum atomic E-state index is -0.196. The zero-order valence-electron chi connectivity index (χ0n) is 9.76. The van der Waals surface area contributed by atoms with Crippen LogP contribution in [0.4, 0.5) is 0 Å². The van der Waals surface area contributed by atoms with Crippen molar-refractivity contribution in [1.82, 2.24) is 14.9 Å². The highest BCUT2D eigenvalue weighted by atomic mass is 16.2. The van der Waals surface area contributed by atoms with Gasteiger partial charge in [-0.2, -0.15) is 0 Å². The van der Waals surface area contributed by atoms with Gasteiger partial charge in [0, 0.05) is 18.3 Å². The number of carbonyl (C=O) groups is 1. The van der Waals surface area contributed by atoms with Crippen LogP contribution in [0.15, 0.2) is 23.4 Å². The molecule has 1 saturated carbocycles. The molecule has 0 atom stereocenters. The largest absolute Gasteiger partial charge is 0.352 e. The van der Waals surface area contributed by atoms with Gasteiger partial charge in [0.2, 0.25) is 5.91 Å². The number of nitrogens with one attached hydrogen (secondary N) is 1. The predicted molar refractivity (Wildman–Crippen MR) is 63.5 cm³/mol. The van der Waals surface area contributed by atoms with Crippen LogP contribution >= 0.6 is 0 Å². The van der Waals surface area contributed by atoms with E-state index in [0.717, 1.165) is 12.8 Å². The standard InChI is InChI=1S/C12H17N3O2/c16-11(14-10-4-2-1-3-5-10)8-15-9-13-7-6-12(15)17/h6-7,9-10H,1-5,8H2,(H,14,16). The molecule has 0 saturated heterocycles. The van der Waals surface area contributed by atoms with Crippen molar-refractivity contribution >= 4 is 5.91 Å². The van der Waals surface area contributed by atoms with E-state index in [2.05, 4.69) is 10.3 Å². The van der Waals surface area contributed by atoms with Crippen molar-refractivity contribution in [2.75, 3.05) is 0 Å². The van der Waals surface area contributed by atoms with Gasteiger partial charge in [-0.1, -0.05) is 19.3 Å². The zero-order valence-corrected chi connectivity index (χ0v) is 9.76. The molecule has 17 heavy (non-hydrogen) atoms. The summed E-state index contributed by atoms with van der Waals surface area (Å²) in [6.45, 7) is 0.0587. The summed E-state index contributed by atoms with van der Waals surface area (Å²) in [7, 11) is 0. The first-order valence-electron chi connectivity index (χ1n) is 6.05. The van der Waals surface area contributed by atoms with Crippen LogP contribution in [0, 0.1) is 0 Å². The van der Waals surface area contributed by atoms with Crippen molar-refractivity contribution in [3.05, 3.63) is 28.9 Å². The Labute approximate surface area is 99.9 Å². The SMILES string of the molecule is O=C(Cn1cnccc1=O)NC1CCCCC1. The van der Waals surface area contributed by atoms with Crippen LogP contribution in [0.3, 0.4) is 0 Å². The molecule has 0 bridgehead atoms. The van der Waals surface area contributed by atoms with Gasteiger partial charge in [0.25, 0.3) is 5.56 Å². The third-order valence-electron chi connectivity index (χ3n) is 3.08. The molecule has 0 aliphatic heterocycles. The molecule has 1 aliphatic rings. The lowest BCUT2D eigenvalue weighted by atomic mass is 9.95. The van der Waals surface area contributed by atoms with Gasteiger partial charge in [0.05, 0.1) is 6.33 Å². The summed E-state index contributed by atoms with van der Waals surface area (Å²) in [4.78, 5) is 27.0. The molecule has 2 rings (SSSR count). The van der Waals surface area contributed by atoms with E-state index in [0.29, 0.717) is 0 Å². The number of carbonyl (C=O) groups excluding carboxylic acids is 1.